The van der Waals surface area contributed by atoms with Gasteiger partial charge in [-0.05, 0) is 36.2 Å². The van der Waals surface area contributed by atoms with Gasteiger partial charge in [0.1, 0.15) is 10.7 Å². The molecule has 6 nitrogen and oxygen atoms in total. The molecule has 0 spiro atoms. The maximum absolute atomic E-state index is 12.0. The van der Waals surface area contributed by atoms with Gasteiger partial charge in [-0.2, -0.15) is 0 Å². The van der Waals surface area contributed by atoms with Crippen molar-refractivity contribution < 1.29 is 9.42 Å². The van der Waals surface area contributed by atoms with E-state index in [1.165, 1.54) is 11.8 Å². The minimum atomic E-state index is -0.161. The second-order valence-electron chi connectivity index (χ2n) is 5.03. The summed E-state index contributed by atoms with van der Waals surface area (Å²) in [5.74, 6) is 0.452. The van der Waals surface area contributed by atoms with Crippen LogP contribution < -0.4 is 5.32 Å². The van der Waals surface area contributed by atoms with Crippen LogP contribution in [0.1, 0.15) is 18.2 Å². The molecule has 0 aliphatic carbocycles. The van der Waals surface area contributed by atoms with Crippen molar-refractivity contribution in [1.29, 1.82) is 0 Å². The molecule has 1 amide bonds. The molecule has 1 N–H and O–H groups in total. The number of para-hydroxylation sites is 1. The first kappa shape index (κ1) is 15.5. The maximum Gasteiger partial charge on any atom is 0.236 e. The average Bonchev–Trinajstić information content (AvgIpc) is 2.97. The van der Waals surface area contributed by atoms with Gasteiger partial charge >= 0.3 is 0 Å². The zero-order valence-electron chi connectivity index (χ0n) is 12.9. The van der Waals surface area contributed by atoms with E-state index in [4.69, 9.17) is 0 Å². The Bertz CT molecular complexity index is 847. The number of hydrogen-bond acceptors (Lipinski definition) is 6. The van der Waals surface area contributed by atoms with Crippen molar-refractivity contribution >= 4 is 34.4 Å². The number of fused-ring (bicyclic) bond motifs is 1. The van der Waals surface area contributed by atoms with Crippen LogP contribution in [-0.4, -0.2) is 27.0 Å². The van der Waals surface area contributed by atoms with Crippen LogP contribution in [0.5, 0.6) is 0 Å². The lowest BCUT2D eigenvalue weighted by molar-refractivity contribution is -0.113. The number of nitrogens with zero attached hydrogens (tertiary/aromatic N) is 3. The van der Waals surface area contributed by atoms with E-state index < -0.39 is 0 Å². The summed E-state index contributed by atoms with van der Waals surface area (Å²) in [7, 11) is 0. The highest BCUT2D eigenvalue weighted by Gasteiger charge is 2.12. The second-order valence-corrected chi connectivity index (χ2v) is 6.00. The van der Waals surface area contributed by atoms with E-state index in [0.717, 1.165) is 27.9 Å². The Hall–Kier alpha value is -2.41. The first-order valence-corrected chi connectivity index (χ1v) is 8.26. The number of benzene rings is 1. The van der Waals surface area contributed by atoms with Gasteiger partial charge in [0.15, 0.2) is 5.82 Å². The Morgan fingerprint density at radius 3 is 2.87 bits per heavy atom. The van der Waals surface area contributed by atoms with E-state index in [-0.39, 0.29) is 11.7 Å². The lowest BCUT2D eigenvalue weighted by Crippen LogP contribution is -2.15. The highest BCUT2D eigenvalue weighted by atomic mass is 32.2. The fourth-order valence-corrected chi connectivity index (χ4v) is 3.06. The van der Waals surface area contributed by atoms with Gasteiger partial charge in [0, 0.05) is 5.39 Å². The molecule has 0 atom stereocenters. The molecule has 3 aromatic rings. The predicted molar refractivity (Wildman–Crippen MR) is 89.5 cm³/mol. The SMILES string of the molecule is CCc1cc2ccccc2nc1SCC(=O)Nc1nonc1C. The quantitative estimate of drug-likeness (QED) is 0.724. The number of carbonyl (C=O) groups is 1. The molecule has 118 valence electrons. The maximum atomic E-state index is 12.0. The number of aryl methyl sites for hydroxylation is 2. The van der Waals surface area contributed by atoms with E-state index in [2.05, 4.69) is 38.2 Å². The molecule has 0 saturated carbocycles. The predicted octanol–water partition coefficient (Wildman–Crippen LogP) is 3.22. The number of anilines is 1. The first-order chi connectivity index (χ1) is 11.2. The van der Waals surface area contributed by atoms with Crippen molar-refractivity contribution in [1.82, 2.24) is 15.3 Å². The molecule has 7 heteroatoms. The van der Waals surface area contributed by atoms with E-state index >= 15 is 0 Å². The molecule has 0 aliphatic heterocycles. The molecular formula is C16H16N4O2S. The molecule has 1 aromatic carbocycles. The van der Waals surface area contributed by atoms with Crippen molar-refractivity contribution in [2.75, 3.05) is 11.1 Å². The summed E-state index contributed by atoms with van der Waals surface area (Å²) >= 11 is 1.42. The highest BCUT2D eigenvalue weighted by Crippen LogP contribution is 2.25. The molecule has 3 rings (SSSR count). The summed E-state index contributed by atoms with van der Waals surface area (Å²) in [6.45, 7) is 3.81. The van der Waals surface area contributed by atoms with Crippen LogP contribution >= 0.6 is 11.8 Å². The highest BCUT2D eigenvalue weighted by molar-refractivity contribution is 8.00. The summed E-state index contributed by atoms with van der Waals surface area (Å²) in [5, 5.41) is 12.0. The molecule has 0 fully saturated rings. The Morgan fingerprint density at radius 2 is 2.13 bits per heavy atom. The smallest absolute Gasteiger partial charge is 0.236 e. The molecule has 0 aliphatic rings. The zero-order chi connectivity index (χ0) is 16.2. The Morgan fingerprint density at radius 1 is 1.30 bits per heavy atom. The molecule has 23 heavy (non-hydrogen) atoms. The van der Waals surface area contributed by atoms with Crippen LogP contribution in [0, 0.1) is 6.92 Å². The third-order valence-corrected chi connectivity index (χ3v) is 4.43. The van der Waals surface area contributed by atoms with Crippen LogP contribution in [0.3, 0.4) is 0 Å². The summed E-state index contributed by atoms with van der Waals surface area (Å²) in [4.78, 5) is 16.7. The monoisotopic (exact) mass is 328 g/mol. The molecular weight excluding hydrogens is 312 g/mol. The number of hydrogen-bond donors (Lipinski definition) is 1. The molecule has 0 unspecified atom stereocenters. The van der Waals surface area contributed by atoms with Gasteiger partial charge in [-0.3, -0.25) is 4.79 Å². The lowest BCUT2D eigenvalue weighted by Gasteiger charge is -2.08. The van der Waals surface area contributed by atoms with Crippen LogP contribution in [0.15, 0.2) is 40.0 Å². The summed E-state index contributed by atoms with van der Waals surface area (Å²) in [6, 6.07) is 10.1. The van der Waals surface area contributed by atoms with Gasteiger partial charge in [-0.1, -0.05) is 42.0 Å². The molecule has 0 radical (unpaired) electrons. The zero-order valence-corrected chi connectivity index (χ0v) is 13.7. The number of aromatic nitrogens is 3. The summed E-state index contributed by atoms with van der Waals surface area (Å²) in [5.41, 5.74) is 2.63. The lowest BCUT2D eigenvalue weighted by atomic mass is 10.1. The third kappa shape index (κ3) is 3.50. The van der Waals surface area contributed by atoms with Crippen LogP contribution in [0.25, 0.3) is 10.9 Å². The third-order valence-electron chi connectivity index (χ3n) is 3.39. The van der Waals surface area contributed by atoms with Gasteiger partial charge in [0.05, 0.1) is 11.3 Å². The van der Waals surface area contributed by atoms with E-state index in [9.17, 15) is 4.79 Å². The van der Waals surface area contributed by atoms with Gasteiger partial charge in [-0.25, -0.2) is 9.61 Å². The van der Waals surface area contributed by atoms with Crippen molar-refractivity contribution in [2.24, 2.45) is 0 Å². The first-order valence-electron chi connectivity index (χ1n) is 7.28. The Kier molecular flexibility index (Phi) is 4.57. The van der Waals surface area contributed by atoms with Crippen LogP contribution in [0.2, 0.25) is 0 Å². The van der Waals surface area contributed by atoms with Crippen LogP contribution in [-0.2, 0) is 11.2 Å². The Balaban J connectivity index is 1.73. The molecule has 0 bridgehead atoms. The standard InChI is InChI=1S/C16H16N4O2S/c1-3-11-8-12-6-4-5-7-13(12)17-16(11)23-9-14(21)18-15-10(2)19-22-20-15/h4-8H,3,9H2,1-2H3,(H,18,20,21). The number of carbonyl (C=O) groups excluding carboxylic acids is 1. The van der Waals surface area contributed by atoms with Crippen molar-refractivity contribution in [3.63, 3.8) is 0 Å². The summed E-state index contributed by atoms with van der Waals surface area (Å²) in [6.07, 6.45) is 0.869. The minimum absolute atomic E-state index is 0.161. The normalized spacial score (nSPS) is 10.9. The number of pyridine rings is 1. The molecule has 2 heterocycles. The van der Waals surface area contributed by atoms with E-state index in [1.807, 2.05) is 24.3 Å². The fraction of sp³-hybridized carbons (Fsp3) is 0.250. The van der Waals surface area contributed by atoms with E-state index in [0.29, 0.717) is 11.5 Å². The number of nitrogens with one attached hydrogen (secondary N) is 1. The van der Waals surface area contributed by atoms with Crippen LogP contribution in [0.4, 0.5) is 5.82 Å². The average molecular weight is 328 g/mol. The van der Waals surface area contributed by atoms with Crippen molar-refractivity contribution in [3.05, 3.63) is 41.6 Å². The van der Waals surface area contributed by atoms with Crippen molar-refractivity contribution in [3.8, 4) is 0 Å². The number of amides is 1. The van der Waals surface area contributed by atoms with Gasteiger partial charge in [0.25, 0.3) is 0 Å². The van der Waals surface area contributed by atoms with Crippen molar-refractivity contribution in [2.45, 2.75) is 25.3 Å². The van der Waals surface area contributed by atoms with Gasteiger partial charge in [0.2, 0.25) is 5.91 Å². The number of thioether (sulfide) groups is 1. The second kappa shape index (κ2) is 6.78. The molecule has 0 saturated heterocycles. The molecule has 2 aromatic heterocycles. The Labute approximate surface area is 137 Å². The topological polar surface area (TPSA) is 80.9 Å². The largest absolute Gasteiger partial charge is 0.306 e. The minimum Gasteiger partial charge on any atom is -0.306 e. The fourth-order valence-electron chi connectivity index (χ4n) is 2.17. The summed E-state index contributed by atoms with van der Waals surface area (Å²) < 4.78 is 4.56. The van der Waals surface area contributed by atoms with E-state index in [1.54, 1.807) is 6.92 Å². The van der Waals surface area contributed by atoms with Gasteiger partial charge < -0.3 is 5.32 Å². The number of rotatable bonds is 5. The van der Waals surface area contributed by atoms with Gasteiger partial charge in [-0.15, -0.1) is 0 Å².